The van der Waals surface area contributed by atoms with E-state index in [-0.39, 0.29) is 11.7 Å². The number of rotatable bonds is 3. The van der Waals surface area contributed by atoms with Crippen molar-refractivity contribution in [3.05, 3.63) is 29.6 Å². The zero-order valence-electron chi connectivity index (χ0n) is 12.9. The first-order valence-corrected chi connectivity index (χ1v) is 7.64. The molecule has 21 heavy (non-hydrogen) atoms. The van der Waals surface area contributed by atoms with Crippen LogP contribution in [0, 0.1) is 23.6 Å². The third-order valence-corrected chi connectivity index (χ3v) is 4.43. The predicted octanol–water partition coefficient (Wildman–Crippen LogP) is 4.03. The van der Waals surface area contributed by atoms with Gasteiger partial charge in [0.25, 0.3) is 0 Å². The fourth-order valence-corrected chi connectivity index (χ4v) is 3.15. The number of carbonyl (C=O) groups is 1. The minimum Gasteiger partial charge on any atom is -0.458 e. The number of nitrogen functional groups attached to an aromatic ring is 1. The standard InChI is InChI=1S/C17H24FNO2/c1-10(2)13-6-4-11(3)8-16(13)21-17(20)14-9-12(19)5-7-15(14)18/h5,7,9-11,13,16H,4,6,8,19H2,1-3H3. The summed E-state index contributed by atoms with van der Waals surface area (Å²) >= 11 is 0. The van der Waals surface area contributed by atoms with Crippen molar-refractivity contribution in [3.63, 3.8) is 0 Å². The number of hydrogen-bond acceptors (Lipinski definition) is 3. The lowest BCUT2D eigenvalue weighted by atomic mass is 9.75. The smallest absolute Gasteiger partial charge is 0.341 e. The van der Waals surface area contributed by atoms with Crippen molar-refractivity contribution in [2.24, 2.45) is 17.8 Å². The van der Waals surface area contributed by atoms with E-state index in [2.05, 4.69) is 20.8 Å². The van der Waals surface area contributed by atoms with Gasteiger partial charge in [-0.25, -0.2) is 9.18 Å². The maximum atomic E-state index is 13.8. The number of hydrogen-bond donors (Lipinski definition) is 1. The molecule has 1 aliphatic carbocycles. The molecule has 0 aliphatic heterocycles. The van der Waals surface area contributed by atoms with Crippen molar-refractivity contribution in [2.75, 3.05) is 5.73 Å². The van der Waals surface area contributed by atoms with Crippen LogP contribution in [-0.2, 0) is 4.74 Å². The molecular weight excluding hydrogens is 269 g/mol. The molecule has 0 radical (unpaired) electrons. The molecule has 0 amide bonds. The Kier molecular flexibility index (Phi) is 4.86. The van der Waals surface area contributed by atoms with E-state index < -0.39 is 11.8 Å². The molecule has 1 fully saturated rings. The van der Waals surface area contributed by atoms with Gasteiger partial charge in [0.05, 0.1) is 5.56 Å². The third-order valence-electron chi connectivity index (χ3n) is 4.43. The number of esters is 1. The highest BCUT2D eigenvalue weighted by Gasteiger charge is 2.34. The zero-order chi connectivity index (χ0) is 15.6. The van der Waals surface area contributed by atoms with E-state index in [9.17, 15) is 9.18 Å². The average Bonchev–Trinajstić information content (AvgIpc) is 2.41. The van der Waals surface area contributed by atoms with Gasteiger partial charge in [0.1, 0.15) is 11.9 Å². The van der Waals surface area contributed by atoms with Crippen molar-refractivity contribution in [1.29, 1.82) is 0 Å². The third kappa shape index (κ3) is 3.74. The molecule has 2 N–H and O–H groups in total. The Morgan fingerprint density at radius 3 is 2.76 bits per heavy atom. The van der Waals surface area contributed by atoms with Gasteiger partial charge in [-0.2, -0.15) is 0 Å². The average molecular weight is 293 g/mol. The summed E-state index contributed by atoms with van der Waals surface area (Å²) in [6.07, 6.45) is 2.92. The Hall–Kier alpha value is -1.58. The van der Waals surface area contributed by atoms with Gasteiger partial charge < -0.3 is 10.5 Å². The summed E-state index contributed by atoms with van der Waals surface area (Å²) in [6.45, 7) is 6.45. The molecular formula is C17H24FNO2. The van der Waals surface area contributed by atoms with Crippen LogP contribution in [0.25, 0.3) is 0 Å². The SMILES string of the molecule is CC1CCC(C(C)C)C(OC(=O)c2cc(N)ccc2F)C1. The summed E-state index contributed by atoms with van der Waals surface area (Å²) in [5, 5.41) is 0. The Morgan fingerprint density at radius 2 is 2.10 bits per heavy atom. The molecule has 4 heteroatoms. The molecule has 3 atom stereocenters. The molecule has 116 valence electrons. The van der Waals surface area contributed by atoms with E-state index in [0.29, 0.717) is 23.4 Å². The van der Waals surface area contributed by atoms with Crippen LogP contribution >= 0.6 is 0 Å². The summed E-state index contributed by atoms with van der Waals surface area (Å²) in [4.78, 5) is 12.2. The minimum atomic E-state index is -0.607. The summed E-state index contributed by atoms with van der Waals surface area (Å²) in [7, 11) is 0. The highest BCUT2D eigenvalue weighted by atomic mass is 19.1. The highest BCUT2D eigenvalue weighted by Crippen LogP contribution is 2.35. The quantitative estimate of drug-likeness (QED) is 0.676. The summed E-state index contributed by atoms with van der Waals surface area (Å²) < 4.78 is 19.4. The lowest BCUT2D eigenvalue weighted by Gasteiger charge is -2.36. The lowest BCUT2D eigenvalue weighted by Crippen LogP contribution is -2.36. The Bertz CT molecular complexity index is 516. The molecule has 1 aromatic rings. The number of benzene rings is 1. The van der Waals surface area contributed by atoms with E-state index in [1.54, 1.807) is 0 Å². The topological polar surface area (TPSA) is 52.3 Å². The first-order chi connectivity index (χ1) is 9.88. The van der Waals surface area contributed by atoms with E-state index in [4.69, 9.17) is 10.5 Å². The van der Waals surface area contributed by atoms with Crippen LogP contribution in [0.5, 0.6) is 0 Å². The van der Waals surface area contributed by atoms with Crippen molar-refractivity contribution in [1.82, 2.24) is 0 Å². The molecule has 0 aromatic heterocycles. The number of carbonyl (C=O) groups excluding carboxylic acids is 1. The number of nitrogens with two attached hydrogens (primary N) is 1. The van der Waals surface area contributed by atoms with Crippen LogP contribution in [0.15, 0.2) is 18.2 Å². The summed E-state index contributed by atoms with van der Waals surface area (Å²) in [5.41, 5.74) is 5.91. The van der Waals surface area contributed by atoms with Gasteiger partial charge in [-0.15, -0.1) is 0 Å². The first kappa shape index (κ1) is 15.8. The fourth-order valence-electron chi connectivity index (χ4n) is 3.15. The Labute approximate surface area is 125 Å². The van der Waals surface area contributed by atoms with Crippen LogP contribution in [-0.4, -0.2) is 12.1 Å². The molecule has 1 saturated carbocycles. The van der Waals surface area contributed by atoms with Crippen molar-refractivity contribution in [2.45, 2.75) is 46.1 Å². The summed E-state index contributed by atoms with van der Waals surface area (Å²) in [6, 6.07) is 3.98. The molecule has 0 bridgehead atoms. The minimum absolute atomic E-state index is 0.0734. The van der Waals surface area contributed by atoms with Gasteiger partial charge in [0.15, 0.2) is 0 Å². The second-order valence-corrected chi connectivity index (χ2v) is 6.51. The Balaban J connectivity index is 2.14. The van der Waals surface area contributed by atoms with Gasteiger partial charge in [0.2, 0.25) is 0 Å². The lowest BCUT2D eigenvalue weighted by molar-refractivity contribution is -0.0177. The molecule has 0 saturated heterocycles. The van der Waals surface area contributed by atoms with Gasteiger partial charge >= 0.3 is 5.97 Å². The van der Waals surface area contributed by atoms with Gasteiger partial charge in [-0.3, -0.25) is 0 Å². The van der Waals surface area contributed by atoms with Crippen molar-refractivity contribution >= 4 is 11.7 Å². The van der Waals surface area contributed by atoms with Crippen LogP contribution in [0.2, 0.25) is 0 Å². The van der Waals surface area contributed by atoms with Gasteiger partial charge in [-0.1, -0.05) is 27.2 Å². The van der Waals surface area contributed by atoms with E-state index >= 15 is 0 Å². The largest absolute Gasteiger partial charge is 0.458 e. The second-order valence-electron chi connectivity index (χ2n) is 6.51. The normalized spacial score (nSPS) is 25.9. The van der Waals surface area contributed by atoms with Crippen LogP contribution in [0.4, 0.5) is 10.1 Å². The van der Waals surface area contributed by atoms with E-state index in [1.165, 1.54) is 18.2 Å². The van der Waals surface area contributed by atoms with Gasteiger partial charge in [-0.05, 0) is 48.8 Å². The monoisotopic (exact) mass is 293 g/mol. The van der Waals surface area contributed by atoms with Crippen molar-refractivity contribution in [3.8, 4) is 0 Å². The number of ether oxygens (including phenoxy) is 1. The van der Waals surface area contributed by atoms with Crippen LogP contribution < -0.4 is 5.73 Å². The molecule has 3 unspecified atom stereocenters. The molecule has 0 spiro atoms. The van der Waals surface area contributed by atoms with Crippen molar-refractivity contribution < 1.29 is 13.9 Å². The summed E-state index contributed by atoms with van der Waals surface area (Å²) in [5.74, 6) is 0.127. The van der Waals surface area contributed by atoms with E-state index in [0.717, 1.165) is 19.3 Å². The molecule has 0 heterocycles. The van der Waals surface area contributed by atoms with E-state index in [1.807, 2.05) is 0 Å². The van der Waals surface area contributed by atoms with Gasteiger partial charge in [0, 0.05) is 5.69 Å². The van der Waals surface area contributed by atoms with Crippen LogP contribution in [0.1, 0.15) is 50.4 Å². The molecule has 1 aliphatic rings. The maximum absolute atomic E-state index is 13.8. The zero-order valence-corrected chi connectivity index (χ0v) is 12.9. The fraction of sp³-hybridized carbons (Fsp3) is 0.588. The number of halogens is 1. The molecule has 3 nitrogen and oxygen atoms in total. The van der Waals surface area contributed by atoms with Crippen LogP contribution in [0.3, 0.4) is 0 Å². The first-order valence-electron chi connectivity index (χ1n) is 7.64. The maximum Gasteiger partial charge on any atom is 0.341 e. The second kappa shape index (κ2) is 6.46. The molecule has 2 rings (SSSR count). The highest BCUT2D eigenvalue weighted by molar-refractivity contribution is 5.90. The molecule has 1 aromatic carbocycles. The number of anilines is 1. The predicted molar refractivity (Wildman–Crippen MR) is 81.4 cm³/mol. The Morgan fingerprint density at radius 1 is 1.38 bits per heavy atom.